The normalized spacial score (nSPS) is 19.9. The molecule has 0 fully saturated rings. The zero-order chi connectivity index (χ0) is 5.98. The Balaban J connectivity index is 2.63. The minimum atomic E-state index is 0.182. The number of nitrogens with zero attached hydrogens (tertiary/aromatic N) is 2. The van der Waals surface area contributed by atoms with Gasteiger partial charge in [-0.15, -0.1) is 0 Å². The molecule has 0 bridgehead atoms. The summed E-state index contributed by atoms with van der Waals surface area (Å²) in [5.41, 5.74) is 10.3. The van der Waals surface area contributed by atoms with Gasteiger partial charge >= 0.3 is 0 Å². The molecular weight excluding hydrogens is 106 g/mol. The average Bonchev–Trinajstić information content (AvgIpc) is 1.64. The SMILES string of the molecule is N[C]1N=C(N)N=CN1. The topological polar surface area (TPSA) is 88.8 Å². The lowest BCUT2D eigenvalue weighted by atomic mass is 10.8. The smallest absolute Gasteiger partial charge is 0.246 e. The monoisotopic (exact) mass is 112 g/mol. The van der Waals surface area contributed by atoms with Gasteiger partial charge in [-0.1, -0.05) is 0 Å². The number of aliphatic imine (C=N–C) groups is 2. The van der Waals surface area contributed by atoms with E-state index in [2.05, 4.69) is 15.3 Å². The van der Waals surface area contributed by atoms with Gasteiger partial charge in [-0.05, 0) is 0 Å². The van der Waals surface area contributed by atoms with Gasteiger partial charge in [0.2, 0.25) is 12.2 Å². The maximum Gasteiger partial charge on any atom is 0.246 e. The molecule has 1 aliphatic rings. The van der Waals surface area contributed by atoms with Gasteiger partial charge < -0.3 is 11.1 Å². The molecule has 0 aliphatic carbocycles. The van der Waals surface area contributed by atoms with Gasteiger partial charge in [-0.2, -0.15) is 0 Å². The van der Waals surface area contributed by atoms with Crippen LogP contribution in [0.2, 0.25) is 0 Å². The van der Waals surface area contributed by atoms with Crippen molar-refractivity contribution in [1.82, 2.24) is 5.32 Å². The van der Waals surface area contributed by atoms with Crippen LogP contribution < -0.4 is 16.8 Å². The molecule has 1 heterocycles. The second kappa shape index (κ2) is 1.79. The first-order valence-corrected chi connectivity index (χ1v) is 2.05. The van der Waals surface area contributed by atoms with E-state index in [4.69, 9.17) is 11.5 Å². The van der Waals surface area contributed by atoms with E-state index >= 15 is 0 Å². The maximum absolute atomic E-state index is 5.17. The van der Waals surface area contributed by atoms with Crippen molar-refractivity contribution in [3.8, 4) is 0 Å². The standard InChI is InChI=1S/C3H6N5/c4-2-6-1-7-3(5)8-2/h1H,4H2,(H3,5,6,7,8). The van der Waals surface area contributed by atoms with E-state index in [0.29, 0.717) is 0 Å². The summed E-state index contributed by atoms with van der Waals surface area (Å²) in [5, 5.41) is 2.55. The second-order valence-electron chi connectivity index (χ2n) is 1.26. The van der Waals surface area contributed by atoms with Crippen molar-refractivity contribution >= 4 is 12.3 Å². The molecule has 0 amide bonds. The molecule has 5 N–H and O–H groups in total. The van der Waals surface area contributed by atoms with Crippen molar-refractivity contribution in [2.45, 2.75) is 0 Å². The molecule has 1 aliphatic heterocycles. The largest absolute Gasteiger partial charge is 0.368 e. The van der Waals surface area contributed by atoms with Crippen LogP contribution in [0.25, 0.3) is 0 Å². The summed E-state index contributed by atoms with van der Waals surface area (Å²) in [6, 6.07) is 0. The fourth-order valence-electron chi connectivity index (χ4n) is 0.349. The third kappa shape index (κ3) is 0.941. The van der Waals surface area contributed by atoms with Crippen molar-refractivity contribution in [2.24, 2.45) is 21.5 Å². The first-order valence-electron chi connectivity index (χ1n) is 2.05. The summed E-state index contributed by atoms with van der Waals surface area (Å²) in [4.78, 5) is 7.13. The van der Waals surface area contributed by atoms with E-state index in [0.717, 1.165) is 0 Å². The molecule has 8 heavy (non-hydrogen) atoms. The Morgan fingerprint density at radius 2 is 2.25 bits per heavy atom. The average molecular weight is 112 g/mol. The number of nitrogens with two attached hydrogens (primary N) is 2. The van der Waals surface area contributed by atoms with Crippen LogP contribution in [0.15, 0.2) is 9.98 Å². The van der Waals surface area contributed by atoms with E-state index < -0.39 is 0 Å². The van der Waals surface area contributed by atoms with Crippen molar-refractivity contribution < 1.29 is 0 Å². The van der Waals surface area contributed by atoms with Gasteiger partial charge in [0.25, 0.3) is 0 Å². The number of guanidine groups is 1. The van der Waals surface area contributed by atoms with Gasteiger partial charge in [0.15, 0.2) is 0 Å². The van der Waals surface area contributed by atoms with Crippen LogP contribution in [0.4, 0.5) is 0 Å². The molecule has 1 radical (unpaired) electrons. The summed E-state index contributed by atoms with van der Waals surface area (Å²) in [6.45, 7) is 0. The van der Waals surface area contributed by atoms with Gasteiger partial charge in [0.1, 0.15) is 0 Å². The highest BCUT2D eigenvalue weighted by Crippen LogP contribution is 1.87. The number of nitrogens with one attached hydrogen (secondary N) is 1. The second-order valence-corrected chi connectivity index (χ2v) is 1.26. The lowest BCUT2D eigenvalue weighted by molar-refractivity contribution is 0.846. The molecule has 43 valence electrons. The van der Waals surface area contributed by atoms with E-state index in [9.17, 15) is 0 Å². The summed E-state index contributed by atoms with van der Waals surface area (Å²) >= 11 is 0. The van der Waals surface area contributed by atoms with Crippen molar-refractivity contribution in [1.29, 1.82) is 0 Å². The van der Waals surface area contributed by atoms with E-state index in [1.165, 1.54) is 6.34 Å². The molecule has 0 atom stereocenters. The fourth-order valence-corrected chi connectivity index (χ4v) is 0.349. The third-order valence-corrected chi connectivity index (χ3v) is 0.644. The molecule has 0 spiro atoms. The van der Waals surface area contributed by atoms with Crippen LogP contribution in [0, 0.1) is 6.29 Å². The molecule has 0 saturated carbocycles. The van der Waals surface area contributed by atoms with Crippen LogP contribution in [0.3, 0.4) is 0 Å². The summed E-state index contributed by atoms with van der Waals surface area (Å²) in [6.07, 6.45) is 1.66. The molecule has 0 unspecified atom stereocenters. The van der Waals surface area contributed by atoms with Gasteiger partial charge in [0.05, 0.1) is 6.34 Å². The number of hydrogen-bond donors (Lipinski definition) is 3. The van der Waals surface area contributed by atoms with Crippen molar-refractivity contribution in [2.75, 3.05) is 0 Å². The molecular formula is C3H6N5. The zero-order valence-electron chi connectivity index (χ0n) is 4.13. The molecule has 1 rings (SSSR count). The Morgan fingerprint density at radius 3 is 2.62 bits per heavy atom. The fraction of sp³-hybridized carbons (Fsp3) is 0. The van der Waals surface area contributed by atoms with Crippen LogP contribution in [0.1, 0.15) is 0 Å². The highest BCUT2D eigenvalue weighted by atomic mass is 15.3. The first kappa shape index (κ1) is 5.04. The number of hydrogen-bond acceptors (Lipinski definition) is 5. The molecule has 5 nitrogen and oxygen atoms in total. The minimum Gasteiger partial charge on any atom is -0.368 e. The van der Waals surface area contributed by atoms with E-state index in [-0.39, 0.29) is 12.2 Å². The molecule has 0 aromatic carbocycles. The first-order chi connectivity index (χ1) is 3.79. The summed E-state index contributed by atoms with van der Waals surface area (Å²) in [7, 11) is 0. The van der Waals surface area contributed by atoms with Crippen LogP contribution in [-0.4, -0.2) is 12.3 Å². The van der Waals surface area contributed by atoms with Gasteiger partial charge in [-0.25, -0.2) is 9.98 Å². The minimum absolute atomic E-state index is 0.182. The Kier molecular flexibility index (Phi) is 1.13. The van der Waals surface area contributed by atoms with Crippen LogP contribution in [0.5, 0.6) is 0 Å². The Hall–Kier alpha value is -1.10. The lowest BCUT2D eigenvalue weighted by Crippen LogP contribution is -2.32. The summed E-state index contributed by atoms with van der Waals surface area (Å²) < 4.78 is 0. The molecule has 5 heteroatoms. The Labute approximate surface area is 46.5 Å². The van der Waals surface area contributed by atoms with Crippen molar-refractivity contribution in [3.05, 3.63) is 6.29 Å². The maximum atomic E-state index is 5.17. The predicted octanol–water partition coefficient (Wildman–Crippen LogP) is -1.66. The molecule has 0 saturated heterocycles. The highest BCUT2D eigenvalue weighted by Gasteiger charge is 2.01. The number of rotatable bonds is 0. The highest BCUT2D eigenvalue weighted by molar-refractivity contribution is 5.88. The van der Waals surface area contributed by atoms with E-state index in [1.807, 2.05) is 0 Å². The predicted molar refractivity (Wildman–Crippen MR) is 30.7 cm³/mol. The quantitative estimate of drug-likeness (QED) is 0.350. The lowest BCUT2D eigenvalue weighted by Gasteiger charge is -2.06. The summed E-state index contributed by atoms with van der Waals surface area (Å²) in [5.74, 6) is 0.182. The van der Waals surface area contributed by atoms with E-state index in [1.54, 1.807) is 0 Å². The van der Waals surface area contributed by atoms with Gasteiger partial charge in [-0.3, -0.25) is 5.73 Å². The third-order valence-electron chi connectivity index (χ3n) is 0.644. The zero-order valence-corrected chi connectivity index (χ0v) is 4.13. The van der Waals surface area contributed by atoms with Crippen LogP contribution in [-0.2, 0) is 0 Å². The Morgan fingerprint density at radius 1 is 1.50 bits per heavy atom. The molecule has 0 aromatic rings. The Bertz CT molecular complexity index is 137. The molecule has 0 aromatic heterocycles. The van der Waals surface area contributed by atoms with Gasteiger partial charge in [0, 0.05) is 0 Å². The van der Waals surface area contributed by atoms with Crippen LogP contribution >= 0.6 is 0 Å². The van der Waals surface area contributed by atoms with Crippen molar-refractivity contribution in [3.63, 3.8) is 0 Å².